The van der Waals surface area contributed by atoms with E-state index in [1.807, 2.05) is 6.07 Å². The van der Waals surface area contributed by atoms with Gasteiger partial charge in [0.25, 0.3) is 0 Å². The number of hydrogen-bond acceptors (Lipinski definition) is 0. The van der Waals surface area contributed by atoms with E-state index in [-0.39, 0.29) is 0 Å². The van der Waals surface area contributed by atoms with Crippen molar-refractivity contribution in [2.75, 3.05) is 0 Å². The second-order valence-corrected chi connectivity index (χ2v) is 8.15. The number of allylic oxidation sites excluding steroid dienone is 2. The van der Waals surface area contributed by atoms with Crippen LogP contribution in [0.4, 0.5) is 0 Å². The Morgan fingerprint density at radius 1 is 0.960 bits per heavy atom. The van der Waals surface area contributed by atoms with E-state index < -0.39 is 0 Å². The maximum atomic E-state index is 3.58. The lowest BCUT2D eigenvalue weighted by Crippen LogP contribution is -2.32. The van der Waals surface area contributed by atoms with Crippen LogP contribution in [0.2, 0.25) is 11.6 Å². The van der Waals surface area contributed by atoms with Crippen molar-refractivity contribution < 1.29 is 0 Å². The summed E-state index contributed by atoms with van der Waals surface area (Å²) in [6, 6.07) is 10.4. The summed E-state index contributed by atoms with van der Waals surface area (Å²) in [7, 11) is 0. The minimum Gasteiger partial charge on any atom is -0.0819 e. The second-order valence-electron chi connectivity index (χ2n) is 8.15. The topological polar surface area (TPSA) is 0 Å². The molecule has 2 atom stereocenters. The van der Waals surface area contributed by atoms with Gasteiger partial charge >= 0.3 is 0 Å². The number of rotatable bonds is 8. The van der Waals surface area contributed by atoms with E-state index in [2.05, 4.69) is 90.6 Å². The first-order valence-corrected chi connectivity index (χ1v) is 10.2. The van der Waals surface area contributed by atoms with Crippen LogP contribution < -0.4 is 0 Å². The van der Waals surface area contributed by atoms with Gasteiger partial charge in [-0.1, -0.05) is 121 Å². The van der Waals surface area contributed by atoms with Gasteiger partial charge in [0.15, 0.2) is 6.71 Å². The van der Waals surface area contributed by atoms with E-state index >= 15 is 0 Å². The summed E-state index contributed by atoms with van der Waals surface area (Å²) >= 11 is 0. The molecule has 0 N–H and O–H groups in total. The van der Waals surface area contributed by atoms with Crippen molar-refractivity contribution in [2.24, 2.45) is 11.8 Å². The summed E-state index contributed by atoms with van der Waals surface area (Å²) in [5.41, 5.74) is 2.47. The molecule has 1 aromatic carbocycles. The highest BCUT2D eigenvalue weighted by atomic mass is 14.1. The Kier molecular flexibility index (Phi) is 9.73. The molecule has 25 heavy (non-hydrogen) atoms. The van der Waals surface area contributed by atoms with Crippen LogP contribution in [-0.2, 0) is 0 Å². The molecule has 0 nitrogen and oxygen atoms in total. The van der Waals surface area contributed by atoms with E-state index in [0.717, 1.165) is 12.0 Å². The van der Waals surface area contributed by atoms with Crippen molar-refractivity contribution in [3.63, 3.8) is 0 Å². The van der Waals surface area contributed by atoms with Crippen molar-refractivity contribution >= 4 is 6.71 Å². The maximum Gasteiger partial charge on any atom is 0.192 e. The predicted molar refractivity (Wildman–Crippen MR) is 115 cm³/mol. The Labute approximate surface area is 157 Å². The van der Waals surface area contributed by atoms with Crippen LogP contribution in [0.1, 0.15) is 73.3 Å². The monoisotopic (exact) mass is 336 g/mol. The molecule has 0 bridgehead atoms. The average Bonchev–Trinajstić information content (AvgIpc) is 2.59. The highest BCUT2D eigenvalue weighted by molar-refractivity contribution is 6.70. The molecule has 0 aliphatic heterocycles. The normalized spacial score (nSPS) is 14.2. The Morgan fingerprint density at radius 3 is 2.00 bits per heavy atom. The number of unbranched alkanes of at least 4 members (excludes halogenated alkanes) is 2. The summed E-state index contributed by atoms with van der Waals surface area (Å²) in [5.74, 6) is 9.60. The zero-order chi connectivity index (χ0) is 18.8. The molecule has 0 radical (unpaired) electrons. The van der Waals surface area contributed by atoms with E-state index in [1.165, 1.54) is 18.3 Å². The molecule has 0 aliphatic carbocycles. The van der Waals surface area contributed by atoms with Crippen LogP contribution in [0, 0.1) is 23.7 Å². The van der Waals surface area contributed by atoms with Gasteiger partial charge in [0.1, 0.15) is 0 Å². The lowest BCUT2D eigenvalue weighted by Gasteiger charge is -2.32. The Bertz CT molecular complexity index is 557. The Hall–Kier alpha value is -1.42. The maximum absolute atomic E-state index is 3.58. The van der Waals surface area contributed by atoms with Crippen molar-refractivity contribution in [1.29, 1.82) is 0 Å². The zero-order valence-corrected chi connectivity index (χ0v) is 17.5. The molecule has 2 unspecified atom stereocenters. The molecular weight excluding hydrogens is 299 g/mol. The minimum absolute atomic E-state index is 0.535. The van der Waals surface area contributed by atoms with Crippen LogP contribution in [0.15, 0.2) is 41.9 Å². The average molecular weight is 336 g/mol. The highest BCUT2D eigenvalue weighted by Gasteiger charge is 2.33. The SMILES string of the molecule is CCCC/C=C(/C#Cc1ccccc1)B(C(C)C(C)C)C(C)C(C)C. The molecule has 1 aromatic rings. The van der Waals surface area contributed by atoms with Gasteiger partial charge < -0.3 is 0 Å². The standard InChI is InChI=1S/C24H37B/c1-8-9-11-16-24(18-17-23-14-12-10-13-15-23)25(21(6)19(2)3)22(7)20(4)5/h10,12-16,19-22H,8-9,11H2,1-7H3/b24-16-. The lowest BCUT2D eigenvalue weighted by atomic mass is 9.28. The summed E-state index contributed by atoms with van der Waals surface area (Å²) in [6.45, 7) is 17.0. The third kappa shape index (κ3) is 7.15. The molecule has 0 amide bonds. The van der Waals surface area contributed by atoms with Crippen LogP contribution in [0.3, 0.4) is 0 Å². The largest absolute Gasteiger partial charge is 0.192 e. The third-order valence-corrected chi connectivity index (χ3v) is 5.64. The summed E-state index contributed by atoms with van der Waals surface area (Å²) in [5, 5.41) is 0. The molecule has 0 spiro atoms. The van der Waals surface area contributed by atoms with Gasteiger partial charge in [-0.05, 0) is 24.0 Å². The third-order valence-electron chi connectivity index (χ3n) is 5.64. The molecule has 0 heterocycles. The van der Waals surface area contributed by atoms with Crippen LogP contribution in [0.25, 0.3) is 0 Å². The van der Waals surface area contributed by atoms with Crippen molar-refractivity contribution in [3.8, 4) is 11.8 Å². The van der Waals surface area contributed by atoms with Gasteiger partial charge in [0, 0.05) is 5.56 Å². The Balaban J connectivity index is 3.24. The zero-order valence-electron chi connectivity index (χ0n) is 17.5. The van der Waals surface area contributed by atoms with E-state index in [1.54, 1.807) is 0 Å². The lowest BCUT2D eigenvalue weighted by molar-refractivity contribution is 0.565. The summed E-state index contributed by atoms with van der Waals surface area (Å²) in [4.78, 5) is 0. The molecular formula is C24H37B. The molecule has 0 saturated carbocycles. The van der Waals surface area contributed by atoms with E-state index in [4.69, 9.17) is 0 Å². The van der Waals surface area contributed by atoms with Crippen molar-refractivity contribution in [1.82, 2.24) is 0 Å². The first-order valence-electron chi connectivity index (χ1n) is 10.2. The predicted octanol–water partition coefficient (Wildman–Crippen LogP) is 7.28. The van der Waals surface area contributed by atoms with E-state index in [0.29, 0.717) is 30.2 Å². The number of hydrogen-bond donors (Lipinski definition) is 0. The van der Waals surface area contributed by atoms with Gasteiger partial charge in [-0.25, -0.2) is 0 Å². The van der Waals surface area contributed by atoms with Crippen molar-refractivity contribution in [2.45, 2.75) is 79.4 Å². The molecule has 0 saturated heterocycles. The van der Waals surface area contributed by atoms with Gasteiger partial charge in [0.2, 0.25) is 0 Å². The smallest absolute Gasteiger partial charge is 0.0819 e. The molecule has 0 fully saturated rings. The molecule has 1 rings (SSSR count). The molecule has 1 heteroatoms. The fourth-order valence-electron chi connectivity index (χ4n) is 3.27. The van der Waals surface area contributed by atoms with Gasteiger partial charge in [0.05, 0.1) is 0 Å². The molecule has 0 aliphatic rings. The Morgan fingerprint density at radius 2 is 1.52 bits per heavy atom. The van der Waals surface area contributed by atoms with Crippen LogP contribution in [0.5, 0.6) is 0 Å². The summed E-state index contributed by atoms with van der Waals surface area (Å²) in [6.07, 6.45) is 6.05. The quantitative estimate of drug-likeness (QED) is 0.266. The molecule has 136 valence electrons. The first-order chi connectivity index (χ1) is 11.9. The molecule has 0 aromatic heterocycles. The first kappa shape index (κ1) is 21.6. The number of benzene rings is 1. The van der Waals surface area contributed by atoms with Gasteiger partial charge in [-0.2, -0.15) is 0 Å². The second kappa shape index (κ2) is 11.2. The highest BCUT2D eigenvalue weighted by Crippen LogP contribution is 2.36. The van der Waals surface area contributed by atoms with E-state index in [9.17, 15) is 0 Å². The van der Waals surface area contributed by atoms with Crippen molar-refractivity contribution in [3.05, 3.63) is 47.4 Å². The summed E-state index contributed by atoms with van der Waals surface area (Å²) < 4.78 is 0. The van der Waals surface area contributed by atoms with Crippen LogP contribution >= 0.6 is 0 Å². The fraction of sp³-hybridized carbons (Fsp3) is 0.583. The van der Waals surface area contributed by atoms with Gasteiger partial charge in [-0.15, -0.1) is 0 Å². The fourth-order valence-corrected chi connectivity index (χ4v) is 3.27. The van der Waals surface area contributed by atoms with Gasteiger partial charge in [-0.3, -0.25) is 0 Å². The van der Waals surface area contributed by atoms with Crippen LogP contribution in [-0.4, -0.2) is 6.71 Å². The minimum atomic E-state index is 0.535.